The second-order valence-corrected chi connectivity index (χ2v) is 5.82. The van der Waals surface area contributed by atoms with E-state index in [1.54, 1.807) is 11.0 Å². The lowest BCUT2D eigenvalue weighted by atomic mass is 10.1. The number of ether oxygens (including phenoxy) is 1. The van der Waals surface area contributed by atoms with Crippen molar-refractivity contribution in [2.45, 2.75) is 19.9 Å². The van der Waals surface area contributed by atoms with Crippen molar-refractivity contribution in [1.82, 2.24) is 10.2 Å². The predicted octanol–water partition coefficient (Wildman–Crippen LogP) is 1.73. The minimum absolute atomic E-state index is 0.151. The Labute approximate surface area is 132 Å². The Bertz CT molecular complexity index is 548. The second kappa shape index (κ2) is 7.04. The van der Waals surface area contributed by atoms with Gasteiger partial charge in [-0.2, -0.15) is 0 Å². The lowest BCUT2D eigenvalue weighted by molar-refractivity contribution is -0.130. The zero-order valence-electron chi connectivity index (χ0n) is 12.2. The number of aryl methyl sites for hydroxylation is 1. The number of carbonyl (C=O) groups excluding carboxylic acids is 2. The average molecular weight is 355 g/mol. The summed E-state index contributed by atoms with van der Waals surface area (Å²) >= 11 is 3.42. The molecule has 0 spiro atoms. The highest BCUT2D eigenvalue weighted by molar-refractivity contribution is 9.10. The maximum atomic E-state index is 12.7. The lowest BCUT2D eigenvalue weighted by Gasteiger charge is -2.34. The Morgan fingerprint density at radius 3 is 2.90 bits per heavy atom. The van der Waals surface area contributed by atoms with Gasteiger partial charge in [0.05, 0.1) is 18.8 Å². The molecule has 5 nitrogen and oxygen atoms in total. The Morgan fingerprint density at radius 2 is 2.24 bits per heavy atom. The largest absolute Gasteiger partial charge is 0.377 e. The van der Waals surface area contributed by atoms with Crippen LogP contribution >= 0.6 is 15.9 Å². The Kier molecular flexibility index (Phi) is 5.36. The van der Waals surface area contributed by atoms with Crippen LogP contribution in [0.1, 0.15) is 22.8 Å². The minimum Gasteiger partial charge on any atom is -0.377 e. The zero-order valence-corrected chi connectivity index (χ0v) is 13.8. The third-order valence-electron chi connectivity index (χ3n) is 3.40. The molecule has 1 aliphatic heterocycles. The van der Waals surface area contributed by atoms with Crippen molar-refractivity contribution in [3.63, 3.8) is 0 Å². The molecule has 1 fully saturated rings. The summed E-state index contributed by atoms with van der Waals surface area (Å²) in [6, 6.07) is 5.00. The molecule has 0 radical (unpaired) electrons. The predicted molar refractivity (Wildman–Crippen MR) is 83.2 cm³/mol. The topological polar surface area (TPSA) is 58.6 Å². The molecule has 1 unspecified atom stereocenters. The summed E-state index contributed by atoms with van der Waals surface area (Å²) in [5.41, 5.74) is 1.64. The van der Waals surface area contributed by atoms with E-state index in [0.717, 1.165) is 10.0 Å². The van der Waals surface area contributed by atoms with E-state index in [1.165, 1.54) is 0 Å². The van der Waals surface area contributed by atoms with Gasteiger partial charge in [0.25, 0.3) is 5.91 Å². The van der Waals surface area contributed by atoms with Crippen molar-refractivity contribution < 1.29 is 14.3 Å². The lowest BCUT2D eigenvalue weighted by Crippen LogP contribution is -2.55. The number of nitrogens with one attached hydrogen (secondary N) is 1. The van der Waals surface area contributed by atoms with Crippen LogP contribution in [0, 0.1) is 6.92 Å². The molecule has 2 amide bonds. The second-order valence-electron chi connectivity index (χ2n) is 4.97. The van der Waals surface area contributed by atoms with E-state index < -0.39 is 6.04 Å². The smallest absolute Gasteiger partial charge is 0.255 e. The van der Waals surface area contributed by atoms with E-state index in [4.69, 9.17) is 4.74 Å². The number of morpholine rings is 1. The fourth-order valence-corrected chi connectivity index (χ4v) is 2.97. The fraction of sp³-hybridized carbons (Fsp3) is 0.467. The first-order chi connectivity index (χ1) is 10.0. The highest BCUT2D eigenvalue weighted by Crippen LogP contribution is 2.22. The molecule has 21 heavy (non-hydrogen) atoms. The van der Waals surface area contributed by atoms with Gasteiger partial charge < -0.3 is 15.0 Å². The van der Waals surface area contributed by atoms with Crippen molar-refractivity contribution in [1.29, 1.82) is 0 Å². The zero-order chi connectivity index (χ0) is 15.4. The van der Waals surface area contributed by atoms with E-state index in [-0.39, 0.29) is 18.4 Å². The van der Waals surface area contributed by atoms with Gasteiger partial charge in [0.15, 0.2) is 0 Å². The van der Waals surface area contributed by atoms with Crippen LogP contribution < -0.4 is 5.32 Å². The van der Waals surface area contributed by atoms with Crippen LogP contribution in [0.15, 0.2) is 22.7 Å². The first-order valence-corrected chi connectivity index (χ1v) is 7.76. The van der Waals surface area contributed by atoms with E-state index in [1.807, 2.05) is 26.0 Å². The number of benzene rings is 1. The Hall–Kier alpha value is -1.40. The normalized spacial score (nSPS) is 18.4. The number of hydrogen-bond acceptors (Lipinski definition) is 3. The van der Waals surface area contributed by atoms with Gasteiger partial charge in [-0.15, -0.1) is 0 Å². The fourth-order valence-electron chi connectivity index (χ4n) is 2.30. The van der Waals surface area contributed by atoms with Crippen molar-refractivity contribution >= 4 is 27.7 Å². The molecule has 1 saturated heterocycles. The van der Waals surface area contributed by atoms with Crippen LogP contribution in [-0.2, 0) is 9.53 Å². The highest BCUT2D eigenvalue weighted by Gasteiger charge is 2.33. The van der Waals surface area contributed by atoms with Crippen molar-refractivity contribution in [3.8, 4) is 0 Å². The number of halogens is 1. The summed E-state index contributed by atoms with van der Waals surface area (Å²) in [4.78, 5) is 26.4. The maximum absolute atomic E-state index is 12.7. The van der Waals surface area contributed by atoms with E-state index >= 15 is 0 Å². The van der Waals surface area contributed by atoms with Crippen LogP contribution in [-0.4, -0.2) is 49.1 Å². The summed E-state index contributed by atoms with van der Waals surface area (Å²) < 4.78 is 6.09. The molecule has 0 aromatic heterocycles. The molecular weight excluding hydrogens is 336 g/mol. The van der Waals surface area contributed by atoms with Crippen LogP contribution in [0.4, 0.5) is 0 Å². The average Bonchev–Trinajstić information content (AvgIpc) is 2.47. The molecule has 1 aromatic rings. The monoisotopic (exact) mass is 354 g/mol. The van der Waals surface area contributed by atoms with Gasteiger partial charge in [0.1, 0.15) is 6.04 Å². The van der Waals surface area contributed by atoms with Crippen molar-refractivity contribution in [2.24, 2.45) is 0 Å². The molecule has 114 valence electrons. The van der Waals surface area contributed by atoms with Gasteiger partial charge in [-0.25, -0.2) is 0 Å². The van der Waals surface area contributed by atoms with Gasteiger partial charge in [-0.3, -0.25) is 9.59 Å². The number of amides is 2. The Balaban J connectivity index is 2.24. The van der Waals surface area contributed by atoms with Crippen LogP contribution in [0.3, 0.4) is 0 Å². The summed E-state index contributed by atoms with van der Waals surface area (Å²) in [6.07, 6.45) is 0. The van der Waals surface area contributed by atoms with Crippen molar-refractivity contribution in [3.05, 3.63) is 33.8 Å². The van der Waals surface area contributed by atoms with E-state index in [0.29, 0.717) is 25.3 Å². The van der Waals surface area contributed by atoms with Gasteiger partial charge in [-0.1, -0.05) is 6.07 Å². The number of likely N-dealkylation sites (N-methyl/N-ethyl adjacent to an activating group) is 1. The van der Waals surface area contributed by atoms with Gasteiger partial charge in [0.2, 0.25) is 5.91 Å². The standard InChI is InChI=1S/C15H19BrN2O3/c1-3-17-14(19)13-9-21-7-6-18(13)15(20)11-5-4-10(2)8-12(11)16/h4-5,8,13H,3,6-7,9H2,1-2H3,(H,17,19). The molecule has 6 heteroatoms. The third kappa shape index (κ3) is 3.63. The van der Waals surface area contributed by atoms with E-state index in [9.17, 15) is 9.59 Å². The molecule has 1 aromatic carbocycles. The van der Waals surface area contributed by atoms with Gasteiger partial charge in [-0.05, 0) is 47.5 Å². The number of hydrogen-bond donors (Lipinski definition) is 1. The molecule has 0 aliphatic carbocycles. The molecule has 1 aliphatic rings. The number of nitrogens with zero attached hydrogens (tertiary/aromatic N) is 1. The molecule has 1 atom stereocenters. The first kappa shape index (κ1) is 16.0. The van der Waals surface area contributed by atoms with Crippen molar-refractivity contribution in [2.75, 3.05) is 26.3 Å². The molecular formula is C15H19BrN2O3. The van der Waals surface area contributed by atoms with Gasteiger partial charge in [0, 0.05) is 17.6 Å². The summed E-state index contributed by atoms with van der Waals surface area (Å²) in [5.74, 6) is -0.324. The maximum Gasteiger partial charge on any atom is 0.255 e. The Morgan fingerprint density at radius 1 is 1.48 bits per heavy atom. The van der Waals surface area contributed by atoms with Crippen LogP contribution in [0.5, 0.6) is 0 Å². The van der Waals surface area contributed by atoms with Crippen LogP contribution in [0.25, 0.3) is 0 Å². The van der Waals surface area contributed by atoms with Crippen LogP contribution in [0.2, 0.25) is 0 Å². The first-order valence-electron chi connectivity index (χ1n) is 6.97. The minimum atomic E-state index is -0.570. The summed E-state index contributed by atoms with van der Waals surface area (Å²) in [6.45, 7) is 5.45. The quantitative estimate of drug-likeness (QED) is 0.899. The third-order valence-corrected chi connectivity index (χ3v) is 4.05. The summed E-state index contributed by atoms with van der Waals surface area (Å²) in [5, 5.41) is 2.75. The van der Waals surface area contributed by atoms with E-state index in [2.05, 4.69) is 21.2 Å². The molecule has 2 rings (SSSR count). The molecule has 1 heterocycles. The highest BCUT2D eigenvalue weighted by atomic mass is 79.9. The molecule has 0 bridgehead atoms. The molecule has 1 N–H and O–H groups in total. The SMILES string of the molecule is CCNC(=O)C1COCCN1C(=O)c1ccc(C)cc1Br. The number of rotatable bonds is 3. The summed E-state index contributed by atoms with van der Waals surface area (Å²) in [7, 11) is 0. The molecule has 0 saturated carbocycles. The number of carbonyl (C=O) groups is 2. The van der Waals surface area contributed by atoms with Gasteiger partial charge >= 0.3 is 0 Å².